The minimum absolute atomic E-state index is 0.267. The number of pyridine rings is 2. The molecule has 4 heterocycles. The van der Waals surface area contributed by atoms with Gasteiger partial charge in [0.2, 0.25) is 5.95 Å². The van der Waals surface area contributed by atoms with Crippen LogP contribution >= 0.6 is 23.2 Å². The van der Waals surface area contributed by atoms with E-state index in [1.54, 1.807) is 30.6 Å². The van der Waals surface area contributed by atoms with Gasteiger partial charge in [-0.2, -0.15) is 4.98 Å². The molecule has 0 saturated heterocycles. The van der Waals surface area contributed by atoms with Gasteiger partial charge in [0.05, 0.1) is 15.7 Å². The zero-order chi connectivity index (χ0) is 25.4. The molecule has 0 radical (unpaired) electrons. The highest BCUT2D eigenvalue weighted by Crippen LogP contribution is 2.39. The second-order valence-corrected chi connectivity index (χ2v) is 9.97. The average Bonchev–Trinajstić information content (AvgIpc) is 3.26. The molecule has 0 unspecified atom stereocenters. The van der Waals surface area contributed by atoms with E-state index in [4.69, 9.17) is 23.2 Å². The van der Waals surface area contributed by atoms with Crippen LogP contribution < -0.4 is 16.0 Å². The van der Waals surface area contributed by atoms with Gasteiger partial charge in [0.1, 0.15) is 11.5 Å². The third-order valence-corrected chi connectivity index (χ3v) is 5.80. The number of halogens is 2. The Bertz CT molecular complexity index is 1590. The number of hydrogen-bond donors (Lipinski definition) is 3. The number of urea groups is 1. The molecular formula is C25H22Cl2N8O. The van der Waals surface area contributed by atoms with Crippen molar-refractivity contribution in [1.29, 1.82) is 0 Å². The molecule has 11 heteroatoms. The predicted molar refractivity (Wildman–Crippen MR) is 143 cm³/mol. The second-order valence-electron chi connectivity index (χ2n) is 9.15. The average molecular weight is 521 g/mol. The summed E-state index contributed by atoms with van der Waals surface area (Å²) in [7, 11) is 0. The minimum Gasteiger partial charge on any atom is -0.333 e. The summed E-state index contributed by atoms with van der Waals surface area (Å²) in [5.41, 5.74) is 2.65. The molecule has 0 fully saturated rings. The number of carbonyl (C=O) groups excluding carboxylic acids is 1. The van der Waals surface area contributed by atoms with Gasteiger partial charge in [-0.05, 0) is 51.1 Å². The van der Waals surface area contributed by atoms with E-state index in [-0.39, 0.29) is 5.82 Å². The molecule has 9 nitrogen and oxygen atoms in total. The van der Waals surface area contributed by atoms with Crippen molar-refractivity contribution in [3.05, 3.63) is 71.2 Å². The standard InChI is InChI=1S/C25H22Cl2N8O/c1-25(2,3)34-24(36)33-22-16(20-17(26)5-4-6-18(20)27)11-14-12-29-23(32-21(14)31-22)30-15-7-8-19-28-9-10-35(19)13-15/h4-13H,1-3H3,(H3,29,30,31,32,33,34,36). The second kappa shape index (κ2) is 9.25. The molecule has 182 valence electrons. The van der Waals surface area contributed by atoms with Crippen molar-refractivity contribution in [3.63, 3.8) is 0 Å². The van der Waals surface area contributed by atoms with Crippen LogP contribution in [-0.2, 0) is 0 Å². The lowest BCUT2D eigenvalue weighted by Crippen LogP contribution is -2.43. The highest BCUT2D eigenvalue weighted by atomic mass is 35.5. The van der Waals surface area contributed by atoms with Crippen LogP contribution in [0.4, 0.5) is 22.2 Å². The van der Waals surface area contributed by atoms with Crippen molar-refractivity contribution >= 4 is 63.4 Å². The Labute approximate surface area is 216 Å². The first kappa shape index (κ1) is 23.8. The first-order chi connectivity index (χ1) is 17.2. The number of nitrogens with zero attached hydrogens (tertiary/aromatic N) is 5. The molecule has 5 rings (SSSR count). The van der Waals surface area contributed by atoms with Crippen LogP contribution in [0.25, 0.3) is 27.8 Å². The molecule has 5 aromatic rings. The zero-order valence-corrected chi connectivity index (χ0v) is 21.2. The van der Waals surface area contributed by atoms with Crippen molar-refractivity contribution in [3.8, 4) is 11.1 Å². The van der Waals surface area contributed by atoms with Gasteiger partial charge in [0.25, 0.3) is 0 Å². The number of hydrogen-bond acceptors (Lipinski definition) is 6. The topological polar surface area (TPSA) is 109 Å². The summed E-state index contributed by atoms with van der Waals surface area (Å²) < 4.78 is 1.89. The van der Waals surface area contributed by atoms with Gasteiger partial charge in [-0.15, -0.1) is 0 Å². The molecule has 0 spiro atoms. The molecular weight excluding hydrogens is 499 g/mol. The van der Waals surface area contributed by atoms with Gasteiger partial charge in [-0.3, -0.25) is 5.32 Å². The number of rotatable bonds is 4. The molecule has 0 saturated carbocycles. The maximum atomic E-state index is 12.7. The number of nitrogens with one attached hydrogen (secondary N) is 3. The predicted octanol–water partition coefficient (Wildman–Crippen LogP) is 6.31. The number of carbonyl (C=O) groups is 1. The third-order valence-electron chi connectivity index (χ3n) is 5.17. The molecule has 3 N–H and O–H groups in total. The van der Waals surface area contributed by atoms with E-state index < -0.39 is 11.6 Å². The first-order valence-electron chi connectivity index (χ1n) is 11.1. The monoisotopic (exact) mass is 520 g/mol. The van der Waals surface area contributed by atoms with Gasteiger partial charge in [-0.25, -0.2) is 19.7 Å². The molecule has 1 aromatic carbocycles. The van der Waals surface area contributed by atoms with E-state index >= 15 is 0 Å². The molecule has 0 bridgehead atoms. The van der Waals surface area contributed by atoms with Gasteiger partial charge >= 0.3 is 6.03 Å². The molecule has 0 aliphatic carbocycles. The van der Waals surface area contributed by atoms with Crippen molar-refractivity contribution in [2.75, 3.05) is 10.6 Å². The summed E-state index contributed by atoms with van der Waals surface area (Å²) in [6.07, 6.45) is 7.12. The maximum Gasteiger partial charge on any atom is 0.320 e. The summed E-state index contributed by atoms with van der Waals surface area (Å²) in [5.74, 6) is 0.617. The van der Waals surface area contributed by atoms with Gasteiger partial charge in [-0.1, -0.05) is 29.3 Å². The normalized spacial score (nSPS) is 11.6. The van der Waals surface area contributed by atoms with Gasteiger partial charge in [0.15, 0.2) is 5.65 Å². The fourth-order valence-corrected chi connectivity index (χ4v) is 4.27. The minimum atomic E-state index is -0.446. The Morgan fingerprint density at radius 1 is 1.03 bits per heavy atom. The van der Waals surface area contributed by atoms with E-state index in [0.717, 1.165) is 11.3 Å². The Balaban J connectivity index is 1.57. The highest BCUT2D eigenvalue weighted by Gasteiger charge is 2.20. The number of benzene rings is 1. The Hall–Kier alpha value is -3.95. The largest absolute Gasteiger partial charge is 0.333 e. The van der Waals surface area contributed by atoms with E-state index in [1.165, 1.54) is 0 Å². The lowest BCUT2D eigenvalue weighted by molar-refractivity contribution is 0.243. The number of amides is 2. The summed E-state index contributed by atoms with van der Waals surface area (Å²) in [6, 6.07) is 10.4. The smallest absolute Gasteiger partial charge is 0.320 e. The van der Waals surface area contributed by atoms with Crippen molar-refractivity contribution in [2.45, 2.75) is 26.3 Å². The third kappa shape index (κ3) is 5.02. The van der Waals surface area contributed by atoms with Crippen LogP contribution in [0.2, 0.25) is 10.0 Å². The summed E-state index contributed by atoms with van der Waals surface area (Å²) in [4.78, 5) is 30.6. The first-order valence-corrected chi connectivity index (χ1v) is 11.8. The Kier molecular flexibility index (Phi) is 6.11. The zero-order valence-electron chi connectivity index (χ0n) is 19.7. The number of fused-ring (bicyclic) bond motifs is 2. The Morgan fingerprint density at radius 2 is 1.81 bits per heavy atom. The van der Waals surface area contributed by atoms with Crippen LogP contribution in [0.1, 0.15) is 20.8 Å². The van der Waals surface area contributed by atoms with Crippen LogP contribution in [0.5, 0.6) is 0 Å². The Morgan fingerprint density at radius 3 is 2.56 bits per heavy atom. The SMILES string of the molecule is CC(C)(C)NC(=O)Nc1nc2nc(Nc3ccc4nccn4c3)ncc2cc1-c1c(Cl)cccc1Cl. The van der Waals surface area contributed by atoms with Crippen LogP contribution in [0.3, 0.4) is 0 Å². The van der Waals surface area contributed by atoms with Gasteiger partial charge < -0.3 is 15.0 Å². The number of imidazole rings is 1. The van der Waals surface area contributed by atoms with Gasteiger partial charge in [0, 0.05) is 46.8 Å². The van der Waals surface area contributed by atoms with E-state index in [0.29, 0.717) is 38.2 Å². The molecule has 0 atom stereocenters. The fraction of sp³-hybridized carbons (Fsp3) is 0.160. The molecule has 36 heavy (non-hydrogen) atoms. The molecule has 0 aliphatic rings. The summed E-state index contributed by atoms with van der Waals surface area (Å²) in [6.45, 7) is 5.66. The highest BCUT2D eigenvalue weighted by molar-refractivity contribution is 6.39. The van der Waals surface area contributed by atoms with Crippen LogP contribution in [0.15, 0.2) is 61.2 Å². The number of anilines is 3. The molecule has 4 aromatic heterocycles. The lowest BCUT2D eigenvalue weighted by atomic mass is 10.0. The van der Waals surface area contributed by atoms with Crippen molar-refractivity contribution in [1.82, 2.24) is 29.7 Å². The molecule has 2 amide bonds. The summed E-state index contributed by atoms with van der Waals surface area (Å²) >= 11 is 13.0. The lowest BCUT2D eigenvalue weighted by Gasteiger charge is -2.21. The maximum absolute atomic E-state index is 12.7. The van der Waals surface area contributed by atoms with E-state index in [9.17, 15) is 4.79 Å². The quantitative estimate of drug-likeness (QED) is 0.256. The number of aromatic nitrogens is 5. The molecule has 0 aliphatic heterocycles. The van der Waals surface area contributed by atoms with E-state index in [2.05, 4.69) is 35.9 Å². The summed E-state index contributed by atoms with van der Waals surface area (Å²) in [5, 5.41) is 10.4. The van der Waals surface area contributed by atoms with Crippen LogP contribution in [-0.4, -0.2) is 35.9 Å². The van der Waals surface area contributed by atoms with Crippen molar-refractivity contribution < 1.29 is 4.79 Å². The fourth-order valence-electron chi connectivity index (χ4n) is 3.67. The van der Waals surface area contributed by atoms with Crippen molar-refractivity contribution in [2.24, 2.45) is 0 Å². The van der Waals surface area contributed by atoms with E-state index in [1.807, 2.05) is 55.8 Å². The van der Waals surface area contributed by atoms with Crippen LogP contribution in [0, 0.1) is 0 Å².